The molecule has 1 atom stereocenters. The number of ether oxygens (including phenoxy) is 2. The quantitative estimate of drug-likeness (QED) is 0.610. The number of benzene rings is 2. The molecule has 0 fully saturated rings. The third-order valence-electron chi connectivity index (χ3n) is 3.74. The van der Waals surface area contributed by atoms with Crippen LogP contribution in [0.5, 0.6) is 5.75 Å². The maximum atomic E-state index is 12.2. The maximum absolute atomic E-state index is 12.2. The number of methoxy groups -OCH3 is 1. The molecular formula is C20H21NO5. The number of rotatable bonds is 7. The Morgan fingerprint density at radius 2 is 1.77 bits per heavy atom. The zero-order valence-corrected chi connectivity index (χ0v) is 14.9. The van der Waals surface area contributed by atoms with Gasteiger partial charge in [-0.15, -0.1) is 0 Å². The fourth-order valence-electron chi connectivity index (χ4n) is 2.35. The number of hydrogen-bond donors (Lipinski definition) is 1. The highest BCUT2D eigenvalue weighted by atomic mass is 16.5. The summed E-state index contributed by atoms with van der Waals surface area (Å²) in [5, 5.41) is 2.67. The molecular weight excluding hydrogens is 334 g/mol. The van der Waals surface area contributed by atoms with Gasteiger partial charge in [-0.25, -0.2) is 0 Å². The molecule has 0 aromatic heterocycles. The van der Waals surface area contributed by atoms with Crippen LogP contribution in [0, 0.1) is 0 Å². The first-order chi connectivity index (χ1) is 12.4. The zero-order chi connectivity index (χ0) is 19.1. The summed E-state index contributed by atoms with van der Waals surface area (Å²) in [7, 11) is 1.48. The van der Waals surface area contributed by atoms with Crippen LogP contribution in [0.1, 0.15) is 29.8 Å². The summed E-state index contributed by atoms with van der Waals surface area (Å²) in [6, 6.07) is 13.8. The van der Waals surface area contributed by atoms with E-state index in [1.165, 1.54) is 21.0 Å². The molecule has 0 radical (unpaired) electrons. The number of hydrogen-bond acceptors (Lipinski definition) is 5. The lowest BCUT2D eigenvalue weighted by Crippen LogP contribution is -2.30. The third kappa shape index (κ3) is 5.17. The van der Waals surface area contributed by atoms with Crippen molar-refractivity contribution in [3.63, 3.8) is 0 Å². The van der Waals surface area contributed by atoms with Crippen LogP contribution in [-0.4, -0.2) is 30.9 Å². The van der Waals surface area contributed by atoms with Crippen molar-refractivity contribution < 1.29 is 23.9 Å². The van der Waals surface area contributed by atoms with Crippen molar-refractivity contribution in [1.29, 1.82) is 0 Å². The molecule has 6 heteroatoms. The molecule has 1 N–H and O–H groups in total. The minimum Gasteiger partial charge on any atom is -0.496 e. The third-order valence-corrected chi connectivity index (χ3v) is 3.74. The largest absolute Gasteiger partial charge is 0.496 e. The fraction of sp³-hybridized carbons (Fsp3) is 0.250. The van der Waals surface area contributed by atoms with Gasteiger partial charge in [0.25, 0.3) is 5.91 Å². The van der Waals surface area contributed by atoms with Crippen molar-refractivity contribution in [2.75, 3.05) is 12.4 Å². The summed E-state index contributed by atoms with van der Waals surface area (Å²) in [6.45, 7) is 2.94. The molecule has 0 heterocycles. The smallest absolute Gasteiger partial charge is 0.311 e. The van der Waals surface area contributed by atoms with Crippen molar-refractivity contribution in [2.45, 2.75) is 26.4 Å². The van der Waals surface area contributed by atoms with E-state index in [2.05, 4.69) is 5.32 Å². The highest BCUT2D eigenvalue weighted by Crippen LogP contribution is 2.21. The van der Waals surface area contributed by atoms with Gasteiger partial charge in [-0.05, 0) is 44.2 Å². The number of Topliss-reactive ketones (excluding diaryl/α,β-unsaturated/α-hetero) is 1. The Labute approximate surface area is 152 Å². The van der Waals surface area contributed by atoms with Crippen molar-refractivity contribution in [3.05, 3.63) is 59.7 Å². The van der Waals surface area contributed by atoms with Gasteiger partial charge in [0.05, 0.1) is 13.5 Å². The van der Waals surface area contributed by atoms with Crippen LogP contribution in [0.25, 0.3) is 0 Å². The lowest BCUT2D eigenvalue weighted by molar-refractivity contribution is -0.152. The lowest BCUT2D eigenvalue weighted by Gasteiger charge is -2.14. The first-order valence-electron chi connectivity index (χ1n) is 8.14. The Balaban J connectivity index is 2.00. The second kappa shape index (κ2) is 8.80. The van der Waals surface area contributed by atoms with Crippen LogP contribution >= 0.6 is 0 Å². The van der Waals surface area contributed by atoms with Gasteiger partial charge in [-0.2, -0.15) is 0 Å². The van der Waals surface area contributed by atoms with E-state index in [9.17, 15) is 14.4 Å². The molecule has 2 aromatic carbocycles. The Morgan fingerprint density at radius 3 is 2.38 bits per heavy atom. The van der Waals surface area contributed by atoms with Crippen molar-refractivity contribution in [2.24, 2.45) is 0 Å². The molecule has 1 amide bonds. The van der Waals surface area contributed by atoms with Crippen LogP contribution in [-0.2, 0) is 20.7 Å². The SMILES string of the molecule is COc1ccc(C(C)=O)cc1CC(=O)O[C@@H](C)C(=O)Nc1ccccc1. The van der Waals surface area contributed by atoms with E-state index in [0.717, 1.165) is 0 Å². The second-order valence-electron chi connectivity index (χ2n) is 5.75. The summed E-state index contributed by atoms with van der Waals surface area (Å²) in [5.41, 5.74) is 1.63. The molecule has 2 aromatic rings. The summed E-state index contributed by atoms with van der Waals surface area (Å²) in [4.78, 5) is 35.8. The van der Waals surface area contributed by atoms with Crippen LogP contribution < -0.4 is 10.1 Å². The van der Waals surface area contributed by atoms with Crippen molar-refractivity contribution in [1.82, 2.24) is 0 Å². The molecule has 0 saturated heterocycles. The Kier molecular flexibility index (Phi) is 6.49. The van der Waals surface area contributed by atoms with Gasteiger partial charge in [0.1, 0.15) is 5.75 Å². The van der Waals surface area contributed by atoms with Gasteiger partial charge in [-0.3, -0.25) is 14.4 Å². The normalized spacial score (nSPS) is 11.3. The van der Waals surface area contributed by atoms with Crippen LogP contribution in [0.4, 0.5) is 5.69 Å². The molecule has 0 unspecified atom stereocenters. The maximum Gasteiger partial charge on any atom is 0.311 e. The van der Waals surface area contributed by atoms with Gasteiger partial charge in [0.2, 0.25) is 0 Å². The minimum atomic E-state index is -0.954. The Hall–Kier alpha value is -3.15. The van der Waals surface area contributed by atoms with Gasteiger partial charge in [0, 0.05) is 16.8 Å². The number of anilines is 1. The number of carbonyl (C=O) groups is 3. The number of nitrogens with one attached hydrogen (secondary N) is 1. The van der Waals surface area contributed by atoms with Gasteiger partial charge in [-0.1, -0.05) is 18.2 Å². The van der Waals surface area contributed by atoms with Crippen LogP contribution in [0.15, 0.2) is 48.5 Å². The van der Waals surface area contributed by atoms with Gasteiger partial charge < -0.3 is 14.8 Å². The summed E-state index contributed by atoms with van der Waals surface area (Å²) in [6.07, 6.45) is -1.06. The summed E-state index contributed by atoms with van der Waals surface area (Å²) >= 11 is 0. The molecule has 0 bridgehead atoms. The highest BCUT2D eigenvalue weighted by molar-refractivity contribution is 5.96. The van der Waals surface area contributed by atoms with Crippen molar-refractivity contribution >= 4 is 23.3 Å². The number of esters is 1. The second-order valence-corrected chi connectivity index (χ2v) is 5.75. The average molecular weight is 355 g/mol. The molecule has 0 aliphatic carbocycles. The summed E-state index contributed by atoms with van der Waals surface area (Å²) < 4.78 is 10.4. The lowest BCUT2D eigenvalue weighted by atomic mass is 10.0. The average Bonchev–Trinajstić information content (AvgIpc) is 2.62. The molecule has 136 valence electrons. The van der Waals surface area contributed by atoms with E-state index >= 15 is 0 Å². The van der Waals surface area contributed by atoms with Gasteiger partial charge >= 0.3 is 5.97 Å². The monoisotopic (exact) mass is 355 g/mol. The van der Waals surface area contributed by atoms with E-state index in [1.54, 1.807) is 42.5 Å². The topological polar surface area (TPSA) is 81.7 Å². The number of ketones is 1. The van der Waals surface area contributed by atoms with Gasteiger partial charge in [0.15, 0.2) is 11.9 Å². The first-order valence-corrected chi connectivity index (χ1v) is 8.14. The van der Waals surface area contributed by atoms with E-state index in [1.807, 2.05) is 6.07 Å². The Morgan fingerprint density at radius 1 is 1.08 bits per heavy atom. The Bertz CT molecular complexity index is 801. The van der Waals surface area contributed by atoms with Crippen LogP contribution in [0.2, 0.25) is 0 Å². The standard InChI is InChI=1S/C20H21NO5/c1-13(22)15-9-10-18(25-3)16(11-15)12-19(23)26-14(2)20(24)21-17-7-5-4-6-8-17/h4-11,14H,12H2,1-3H3,(H,21,24)/t14-/m0/s1. The molecule has 0 spiro atoms. The zero-order valence-electron chi connectivity index (χ0n) is 14.9. The molecule has 0 aliphatic heterocycles. The number of carbonyl (C=O) groups excluding carboxylic acids is 3. The predicted molar refractivity (Wildman–Crippen MR) is 97.3 cm³/mol. The fourth-order valence-corrected chi connectivity index (χ4v) is 2.35. The number of amides is 1. The first kappa shape index (κ1) is 19.2. The van der Waals surface area contributed by atoms with E-state index in [0.29, 0.717) is 22.6 Å². The molecule has 6 nitrogen and oxygen atoms in total. The van der Waals surface area contributed by atoms with Crippen molar-refractivity contribution in [3.8, 4) is 5.75 Å². The highest BCUT2D eigenvalue weighted by Gasteiger charge is 2.19. The minimum absolute atomic E-state index is 0.104. The summed E-state index contributed by atoms with van der Waals surface area (Å²) in [5.74, 6) is -0.639. The van der Waals surface area contributed by atoms with E-state index in [-0.39, 0.29) is 12.2 Å². The number of para-hydroxylation sites is 1. The van der Waals surface area contributed by atoms with E-state index < -0.39 is 18.0 Å². The molecule has 0 saturated carbocycles. The molecule has 2 rings (SSSR count). The molecule has 26 heavy (non-hydrogen) atoms. The van der Waals surface area contributed by atoms with Crippen LogP contribution in [0.3, 0.4) is 0 Å². The molecule has 0 aliphatic rings. The van der Waals surface area contributed by atoms with E-state index in [4.69, 9.17) is 9.47 Å². The predicted octanol–water partition coefficient (Wildman–Crippen LogP) is 3.01.